The van der Waals surface area contributed by atoms with E-state index in [0.717, 1.165) is 25.9 Å². The number of hydrogen-bond donors (Lipinski definition) is 2. The van der Waals surface area contributed by atoms with Crippen LogP contribution < -0.4 is 10.6 Å². The maximum Gasteiger partial charge on any atom is 0.254 e. The first kappa shape index (κ1) is 15.5. The lowest BCUT2D eigenvalue weighted by Crippen LogP contribution is -2.42. The lowest BCUT2D eigenvalue weighted by molar-refractivity contribution is -0.132. The van der Waals surface area contributed by atoms with Gasteiger partial charge in [-0.25, -0.2) is 0 Å². The second-order valence-electron chi connectivity index (χ2n) is 6.04. The van der Waals surface area contributed by atoms with E-state index < -0.39 is 6.04 Å². The van der Waals surface area contributed by atoms with E-state index in [1.165, 1.54) is 6.42 Å². The number of para-hydroxylation sites is 1. The fourth-order valence-electron chi connectivity index (χ4n) is 3.08. The molecular formula is C17H21N3O3. The third-order valence-electron chi connectivity index (χ3n) is 4.41. The van der Waals surface area contributed by atoms with Crippen molar-refractivity contribution >= 4 is 23.4 Å². The summed E-state index contributed by atoms with van der Waals surface area (Å²) < 4.78 is 0. The molecule has 0 unspecified atom stereocenters. The van der Waals surface area contributed by atoms with Gasteiger partial charge in [0.15, 0.2) is 0 Å². The molecule has 2 aliphatic rings. The summed E-state index contributed by atoms with van der Waals surface area (Å²) in [7, 11) is 0. The molecule has 122 valence electrons. The minimum atomic E-state index is -0.677. The predicted octanol–water partition coefficient (Wildman–Crippen LogP) is 1.53. The Bertz CT molecular complexity index is 623. The molecule has 0 bridgehead atoms. The molecule has 1 saturated heterocycles. The van der Waals surface area contributed by atoms with Crippen LogP contribution in [-0.2, 0) is 9.59 Å². The Morgan fingerprint density at radius 3 is 2.65 bits per heavy atom. The van der Waals surface area contributed by atoms with Gasteiger partial charge in [-0.1, -0.05) is 12.1 Å². The minimum absolute atomic E-state index is 0.0634. The second kappa shape index (κ2) is 6.81. The molecule has 6 nitrogen and oxygen atoms in total. The summed E-state index contributed by atoms with van der Waals surface area (Å²) in [6.07, 6.45) is 3.85. The average molecular weight is 315 g/mol. The molecule has 3 rings (SSSR count). The fourth-order valence-corrected chi connectivity index (χ4v) is 3.08. The summed E-state index contributed by atoms with van der Waals surface area (Å²) in [5, 5.41) is 5.48. The zero-order valence-corrected chi connectivity index (χ0v) is 13.0. The van der Waals surface area contributed by atoms with Crippen LogP contribution in [0, 0.1) is 0 Å². The summed E-state index contributed by atoms with van der Waals surface area (Å²) in [5.41, 5.74) is 0.963. The first-order valence-electron chi connectivity index (χ1n) is 8.13. The molecule has 1 fully saturated rings. The zero-order chi connectivity index (χ0) is 16.2. The van der Waals surface area contributed by atoms with Gasteiger partial charge in [0.1, 0.15) is 6.04 Å². The third kappa shape index (κ3) is 3.52. The van der Waals surface area contributed by atoms with E-state index in [1.807, 2.05) is 4.90 Å². The van der Waals surface area contributed by atoms with Crippen molar-refractivity contribution in [2.45, 2.75) is 38.1 Å². The molecule has 6 heteroatoms. The molecule has 0 aromatic heterocycles. The van der Waals surface area contributed by atoms with Crippen LogP contribution in [0.4, 0.5) is 5.69 Å². The monoisotopic (exact) mass is 315 g/mol. The van der Waals surface area contributed by atoms with Crippen molar-refractivity contribution in [2.75, 3.05) is 18.4 Å². The van der Waals surface area contributed by atoms with E-state index >= 15 is 0 Å². The Labute approximate surface area is 135 Å². The lowest BCUT2D eigenvalue weighted by Gasteiger charge is -2.27. The number of benzene rings is 1. The summed E-state index contributed by atoms with van der Waals surface area (Å²) >= 11 is 0. The van der Waals surface area contributed by atoms with Crippen LogP contribution >= 0.6 is 0 Å². The van der Waals surface area contributed by atoms with Crippen molar-refractivity contribution < 1.29 is 14.4 Å². The first-order valence-corrected chi connectivity index (χ1v) is 8.13. The van der Waals surface area contributed by atoms with Gasteiger partial charge >= 0.3 is 0 Å². The quantitative estimate of drug-likeness (QED) is 0.888. The largest absolute Gasteiger partial charge is 0.343 e. The highest BCUT2D eigenvalue weighted by Crippen LogP contribution is 2.19. The molecule has 2 aliphatic heterocycles. The molecule has 2 N–H and O–H groups in total. The Morgan fingerprint density at radius 1 is 1.13 bits per heavy atom. The molecule has 1 aromatic rings. The van der Waals surface area contributed by atoms with Crippen molar-refractivity contribution in [3.63, 3.8) is 0 Å². The van der Waals surface area contributed by atoms with Gasteiger partial charge in [-0.3, -0.25) is 14.4 Å². The highest BCUT2D eigenvalue weighted by atomic mass is 16.2. The first-order chi connectivity index (χ1) is 11.1. The number of carbonyl (C=O) groups is 3. The molecule has 0 aliphatic carbocycles. The van der Waals surface area contributed by atoms with E-state index in [9.17, 15) is 14.4 Å². The van der Waals surface area contributed by atoms with Crippen molar-refractivity contribution in [1.82, 2.24) is 10.2 Å². The molecule has 23 heavy (non-hydrogen) atoms. The number of rotatable bonds is 3. The molecule has 0 radical (unpaired) electrons. The topological polar surface area (TPSA) is 78.5 Å². The van der Waals surface area contributed by atoms with E-state index in [-0.39, 0.29) is 24.1 Å². The molecular weight excluding hydrogens is 294 g/mol. The van der Waals surface area contributed by atoms with Crippen LogP contribution in [0.25, 0.3) is 0 Å². The van der Waals surface area contributed by atoms with Crippen molar-refractivity contribution in [2.24, 2.45) is 0 Å². The van der Waals surface area contributed by atoms with Crippen LogP contribution in [0.3, 0.4) is 0 Å². The summed E-state index contributed by atoms with van der Waals surface area (Å²) in [5.74, 6) is -0.488. The number of piperidine rings is 1. The Hall–Kier alpha value is -2.37. The molecule has 1 aromatic carbocycles. The van der Waals surface area contributed by atoms with Crippen LogP contribution in [0.15, 0.2) is 24.3 Å². The number of anilines is 1. The summed E-state index contributed by atoms with van der Waals surface area (Å²) in [4.78, 5) is 38.5. The van der Waals surface area contributed by atoms with Gasteiger partial charge in [-0.2, -0.15) is 0 Å². The van der Waals surface area contributed by atoms with Crippen molar-refractivity contribution in [3.8, 4) is 0 Å². The van der Waals surface area contributed by atoms with Gasteiger partial charge < -0.3 is 15.5 Å². The highest BCUT2D eigenvalue weighted by Gasteiger charge is 2.28. The number of nitrogens with one attached hydrogen (secondary N) is 2. The standard InChI is InChI=1S/C17H21N3O3/c21-15(20-10-4-1-5-11-20)9-8-14-17(23)18-13-7-3-2-6-12(13)16(22)19-14/h2-3,6-7,14H,1,4-5,8-11H2,(H,18,23)(H,19,22)/t14-/m1/s1. The van der Waals surface area contributed by atoms with Crippen LogP contribution in [0.1, 0.15) is 42.5 Å². The number of nitrogens with zero attached hydrogens (tertiary/aromatic N) is 1. The summed E-state index contributed by atoms with van der Waals surface area (Å²) in [6, 6.07) is 6.22. The number of hydrogen-bond acceptors (Lipinski definition) is 3. The Kier molecular flexibility index (Phi) is 4.60. The van der Waals surface area contributed by atoms with Gasteiger partial charge in [0.2, 0.25) is 11.8 Å². The van der Waals surface area contributed by atoms with Gasteiger partial charge in [-0.05, 0) is 37.8 Å². The number of likely N-dealkylation sites (tertiary alicyclic amines) is 1. The predicted molar refractivity (Wildman–Crippen MR) is 86.0 cm³/mol. The normalized spacial score (nSPS) is 21.0. The zero-order valence-electron chi connectivity index (χ0n) is 13.0. The Balaban J connectivity index is 1.61. The number of amides is 3. The van der Waals surface area contributed by atoms with Gasteiger partial charge in [0.05, 0.1) is 11.3 Å². The fraction of sp³-hybridized carbons (Fsp3) is 0.471. The number of carbonyl (C=O) groups excluding carboxylic acids is 3. The number of fused-ring (bicyclic) bond motifs is 1. The summed E-state index contributed by atoms with van der Waals surface area (Å²) in [6.45, 7) is 1.60. The van der Waals surface area contributed by atoms with E-state index in [0.29, 0.717) is 17.7 Å². The Morgan fingerprint density at radius 2 is 1.87 bits per heavy atom. The molecule has 1 atom stereocenters. The van der Waals surface area contributed by atoms with Crippen molar-refractivity contribution in [3.05, 3.63) is 29.8 Å². The van der Waals surface area contributed by atoms with Gasteiger partial charge in [0.25, 0.3) is 5.91 Å². The van der Waals surface area contributed by atoms with Crippen LogP contribution in [-0.4, -0.2) is 41.8 Å². The van der Waals surface area contributed by atoms with Gasteiger partial charge in [-0.15, -0.1) is 0 Å². The van der Waals surface area contributed by atoms with Crippen LogP contribution in [0.2, 0.25) is 0 Å². The van der Waals surface area contributed by atoms with Crippen molar-refractivity contribution in [1.29, 1.82) is 0 Å². The average Bonchev–Trinajstić information content (AvgIpc) is 2.70. The highest BCUT2D eigenvalue weighted by molar-refractivity contribution is 6.09. The lowest BCUT2D eigenvalue weighted by atomic mass is 10.1. The molecule has 3 amide bonds. The van der Waals surface area contributed by atoms with E-state index in [2.05, 4.69) is 10.6 Å². The smallest absolute Gasteiger partial charge is 0.254 e. The third-order valence-corrected chi connectivity index (χ3v) is 4.41. The van der Waals surface area contributed by atoms with E-state index in [4.69, 9.17) is 0 Å². The SMILES string of the molecule is O=C1N[C@H](CCC(=O)N2CCCCC2)C(=O)Nc2ccccc21. The molecule has 2 heterocycles. The minimum Gasteiger partial charge on any atom is -0.343 e. The maximum atomic E-state index is 12.3. The molecule has 0 spiro atoms. The van der Waals surface area contributed by atoms with Gasteiger partial charge in [0, 0.05) is 19.5 Å². The van der Waals surface area contributed by atoms with Crippen LogP contribution in [0.5, 0.6) is 0 Å². The maximum absolute atomic E-state index is 12.3. The second-order valence-corrected chi connectivity index (χ2v) is 6.04. The molecule has 0 saturated carbocycles. The van der Waals surface area contributed by atoms with E-state index in [1.54, 1.807) is 24.3 Å².